The number of aromatic nitrogens is 4. The SMILES string of the molecule is CC.COc1nc(-c2cccc(-c3cccc(Nc4nccc5cnn(C)c(=O)c45)c3Cl)c2Cl)cc2c1C(N1CC3(CNC(=O)CO3)C1)CC2. The van der Waals surface area contributed by atoms with Crippen LogP contribution in [0.1, 0.15) is 37.4 Å². The third kappa shape index (κ3) is 5.87. The molecular weight excluding hydrogens is 677 g/mol. The average molecular weight is 715 g/mol. The molecule has 1 aliphatic carbocycles. The molecular formula is C37H37Cl2N7O4. The Hall–Kier alpha value is -4.55. The largest absolute Gasteiger partial charge is 0.481 e. The molecule has 0 saturated carbocycles. The van der Waals surface area contributed by atoms with Crippen molar-refractivity contribution >= 4 is 51.4 Å². The van der Waals surface area contributed by atoms with Crippen LogP contribution in [0.15, 0.2) is 65.7 Å². The van der Waals surface area contributed by atoms with Crippen LogP contribution in [0.5, 0.6) is 5.88 Å². The maximum absolute atomic E-state index is 12.9. The first-order valence-electron chi connectivity index (χ1n) is 16.6. The summed E-state index contributed by atoms with van der Waals surface area (Å²) in [7, 11) is 3.24. The number of morpholine rings is 1. The number of methoxy groups -OCH3 is 1. The Morgan fingerprint density at radius 2 is 1.78 bits per heavy atom. The number of pyridine rings is 2. The molecule has 2 aliphatic heterocycles. The number of carbonyl (C=O) groups is 1. The van der Waals surface area contributed by atoms with Crippen molar-refractivity contribution in [1.29, 1.82) is 0 Å². The summed E-state index contributed by atoms with van der Waals surface area (Å²) in [6.45, 7) is 6.13. The summed E-state index contributed by atoms with van der Waals surface area (Å²) >= 11 is 14.2. The summed E-state index contributed by atoms with van der Waals surface area (Å²) in [5.74, 6) is 0.898. The number of aryl methyl sites for hydroxylation is 2. The van der Waals surface area contributed by atoms with Gasteiger partial charge in [0.2, 0.25) is 11.8 Å². The number of benzene rings is 2. The second-order valence-electron chi connectivity index (χ2n) is 12.5. The zero-order valence-electron chi connectivity index (χ0n) is 28.2. The number of hydrogen-bond acceptors (Lipinski definition) is 9. The fourth-order valence-electron chi connectivity index (χ4n) is 7.11. The van der Waals surface area contributed by atoms with Gasteiger partial charge in [-0.3, -0.25) is 14.5 Å². The third-order valence-electron chi connectivity index (χ3n) is 9.54. The highest BCUT2D eigenvalue weighted by Gasteiger charge is 2.50. The first kappa shape index (κ1) is 33.9. The van der Waals surface area contributed by atoms with E-state index in [1.807, 2.05) is 50.2 Å². The molecule has 2 fully saturated rings. The van der Waals surface area contributed by atoms with Crippen LogP contribution >= 0.6 is 23.2 Å². The van der Waals surface area contributed by atoms with E-state index in [0.717, 1.165) is 42.6 Å². The van der Waals surface area contributed by atoms with Gasteiger partial charge in [-0.25, -0.2) is 14.6 Å². The quantitative estimate of drug-likeness (QED) is 0.208. The van der Waals surface area contributed by atoms with Gasteiger partial charge in [0.1, 0.15) is 18.0 Å². The predicted molar refractivity (Wildman–Crippen MR) is 195 cm³/mol. The number of rotatable bonds is 6. The van der Waals surface area contributed by atoms with Crippen LogP contribution in [0.2, 0.25) is 10.0 Å². The maximum atomic E-state index is 12.9. The van der Waals surface area contributed by atoms with Crippen molar-refractivity contribution in [2.75, 3.05) is 38.7 Å². The molecule has 3 aromatic heterocycles. The fraction of sp³-hybridized carbons (Fsp3) is 0.324. The summed E-state index contributed by atoms with van der Waals surface area (Å²) in [6.07, 6.45) is 5.07. The van der Waals surface area contributed by atoms with E-state index in [1.165, 1.54) is 10.2 Å². The number of hydrogen-bond donors (Lipinski definition) is 2. The molecule has 1 unspecified atom stereocenters. The molecule has 11 nitrogen and oxygen atoms in total. The molecule has 1 atom stereocenters. The lowest BCUT2D eigenvalue weighted by Gasteiger charge is -2.53. The molecule has 0 radical (unpaired) electrons. The van der Waals surface area contributed by atoms with E-state index in [0.29, 0.717) is 56.0 Å². The van der Waals surface area contributed by atoms with E-state index in [2.05, 4.69) is 31.7 Å². The van der Waals surface area contributed by atoms with Crippen molar-refractivity contribution < 1.29 is 14.3 Å². The zero-order valence-corrected chi connectivity index (χ0v) is 29.7. The number of fused-ring (bicyclic) bond motifs is 2. The molecule has 0 bridgehead atoms. The number of nitrogens with zero attached hydrogens (tertiary/aromatic N) is 5. The summed E-state index contributed by atoms with van der Waals surface area (Å²) in [4.78, 5) is 36.3. The molecule has 2 N–H and O–H groups in total. The highest BCUT2D eigenvalue weighted by atomic mass is 35.5. The summed E-state index contributed by atoms with van der Waals surface area (Å²) in [5, 5.41) is 12.3. The number of ether oxygens (including phenoxy) is 2. The summed E-state index contributed by atoms with van der Waals surface area (Å²) in [6, 6.07) is 15.4. The average Bonchev–Trinajstić information content (AvgIpc) is 3.55. The highest BCUT2D eigenvalue weighted by molar-refractivity contribution is 6.39. The second-order valence-corrected chi connectivity index (χ2v) is 13.2. The molecule has 1 spiro atoms. The minimum Gasteiger partial charge on any atom is -0.481 e. The lowest BCUT2D eigenvalue weighted by atomic mass is 9.89. The number of likely N-dealkylation sites (tertiary alicyclic amines) is 1. The lowest BCUT2D eigenvalue weighted by Crippen LogP contribution is -2.70. The Kier molecular flexibility index (Phi) is 9.25. The van der Waals surface area contributed by atoms with Crippen molar-refractivity contribution in [1.82, 2.24) is 30.0 Å². The molecule has 5 aromatic rings. The number of carbonyl (C=O) groups excluding carboxylic acids is 1. The Labute approximate surface area is 299 Å². The Balaban J connectivity index is 0.00000193. The molecule has 13 heteroatoms. The van der Waals surface area contributed by atoms with Crippen molar-refractivity contribution in [3.8, 4) is 28.3 Å². The van der Waals surface area contributed by atoms with Crippen LogP contribution < -0.4 is 20.9 Å². The molecule has 3 aliphatic rings. The monoisotopic (exact) mass is 713 g/mol. The summed E-state index contributed by atoms with van der Waals surface area (Å²) in [5.41, 5.74) is 5.18. The van der Waals surface area contributed by atoms with Crippen molar-refractivity contribution in [2.45, 2.75) is 38.3 Å². The van der Waals surface area contributed by atoms with Gasteiger partial charge >= 0.3 is 0 Å². The van der Waals surface area contributed by atoms with Gasteiger partial charge in [0.15, 0.2) is 0 Å². The van der Waals surface area contributed by atoms with Gasteiger partial charge in [-0.2, -0.15) is 5.10 Å². The maximum Gasteiger partial charge on any atom is 0.278 e. The van der Waals surface area contributed by atoms with E-state index in [-0.39, 0.29) is 29.7 Å². The van der Waals surface area contributed by atoms with Gasteiger partial charge < -0.3 is 20.1 Å². The topological polar surface area (TPSA) is 124 Å². The number of amides is 1. The number of nitrogens with one attached hydrogen (secondary N) is 2. The van der Waals surface area contributed by atoms with E-state index in [9.17, 15) is 9.59 Å². The first-order chi connectivity index (χ1) is 24.2. The van der Waals surface area contributed by atoms with E-state index >= 15 is 0 Å². The molecule has 50 heavy (non-hydrogen) atoms. The molecule has 1 amide bonds. The van der Waals surface area contributed by atoms with E-state index < -0.39 is 0 Å². The minimum absolute atomic E-state index is 0.0672. The van der Waals surface area contributed by atoms with Crippen LogP contribution in [0.4, 0.5) is 11.5 Å². The molecule has 2 aromatic carbocycles. The van der Waals surface area contributed by atoms with Gasteiger partial charge in [0.25, 0.3) is 5.56 Å². The smallest absolute Gasteiger partial charge is 0.278 e. The van der Waals surface area contributed by atoms with Gasteiger partial charge in [-0.15, -0.1) is 0 Å². The molecule has 258 valence electrons. The highest BCUT2D eigenvalue weighted by Crippen LogP contribution is 2.47. The predicted octanol–water partition coefficient (Wildman–Crippen LogP) is 6.33. The van der Waals surface area contributed by atoms with Gasteiger partial charge in [-0.05, 0) is 36.6 Å². The van der Waals surface area contributed by atoms with Crippen LogP contribution in [0, 0.1) is 0 Å². The van der Waals surface area contributed by atoms with E-state index in [1.54, 1.807) is 32.6 Å². The zero-order chi connectivity index (χ0) is 35.2. The van der Waals surface area contributed by atoms with Gasteiger partial charge in [0.05, 0.1) is 40.1 Å². The lowest BCUT2D eigenvalue weighted by molar-refractivity contribution is -0.179. The Morgan fingerprint density at radius 1 is 1.04 bits per heavy atom. The number of halogens is 2. The van der Waals surface area contributed by atoms with E-state index in [4.69, 9.17) is 37.7 Å². The van der Waals surface area contributed by atoms with Crippen molar-refractivity contribution in [2.24, 2.45) is 7.05 Å². The molecule has 5 heterocycles. The van der Waals surface area contributed by atoms with Gasteiger partial charge in [0, 0.05) is 66.6 Å². The summed E-state index contributed by atoms with van der Waals surface area (Å²) < 4.78 is 13.1. The molecule has 2 saturated heterocycles. The van der Waals surface area contributed by atoms with Crippen LogP contribution in [0.25, 0.3) is 33.2 Å². The minimum atomic E-state index is -0.320. The second kappa shape index (κ2) is 13.6. The van der Waals surface area contributed by atoms with Gasteiger partial charge in [-0.1, -0.05) is 67.4 Å². The Morgan fingerprint density at radius 3 is 2.52 bits per heavy atom. The van der Waals surface area contributed by atoms with Crippen molar-refractivity contribution in [3.05, 3.63) is 92.5 Å². The standard InChI is InChI=1S/C35H31Cl2N7O4.C2H6/c1-43-34(46)29-20(14-40-43)11-12-38-32(29)41-24-8-4-6-22(31(24)37)21-5-3-7-23(30(21)36)25-13-19-9-10-26(28(19)33(42-25)47-2)44-17-35(18-44)16-39-27(45)15-48-35;1-2/h3-8,11-14,26H,9-10,15-18H2,1-2H3,(H,38,41)(H,39,45);1-2H3. The van der Waals surface area contributed by atoms with Crippen LogP contribution in [-0.2, 0) is 23.0 Å². The Bertz CT molecular complexity index is 2170. The van der Waals surface area contributed by atoms with Crippen LogP contribution in [-0.4, -0.2) is 69.5 Å². The number of anilines is 2. The first-order valence-corrected chi connectivity index (χ1v) is 17.4. The van der Waals surface area contributed by atoms with Crippen LogP contribution in [0.3, 0.4) is 0 Å². The van der Waals surface area contributed by atoms with Crippen molar-refractivity contribution in [3.63, 3.8) is 0 Å². The normalized spacial score (nSPS) is 17.8. The fourth-order valence-corrected chi connectivity index (χ4v) is 7.71. The third-order valence-corrected chi connectivity index (χ3v) is 10.4. The molecule has 8 rings (SSSR count).